The van der Waals surface area contributed by atoms with E-state index in [9.17, 15) is 4.79 Å². The highest BCUT2D eigenvalue weighted by atomic mass is 16.5. The first kappa shape index (κ1) is 15.3. The third-order valence-electron chi connectivity index (χ3n) is 5.80. The number of hydrogen-bond acceptors (Lipinski definition) is 3. The van der Waals surface area contributed by atoms with Crippen LogP contribution in [0.3, 0.4) is 0 Å². The van der Waals surface area contributed by atoms with Gasteiger partial charge in [-0.05, 0) is 37.0 Å². The van der Waals surface area contributed by atoms with Gasteiger partial charge in [-0.25, -0.2) is 0 Å². The van der Waals surface area contributed by atoms with E-state index in [1.54, 1.807) is 10.9 Å². The third kappa shape index (κ3) is 2.59. The highest BCUT2D eigenvalue weighted by Gasteiger charge is 2.50. The molecule has 2 bridgehead atoms. The number of allylic oxidation sites excluding steroid dienone is 1. The van der Waals surface area contributed by atoms with Crippen LogP contribution < -0.4 is 0 Å². The second kappa shape index (κ2) is 5.56. The maximum atomic E-state index is 12.1. The van der Waals surface area contributed by atoms with Crippen molar-refractivity contribution in [3.05, 3.63) is 29.6 Å². The minimum atomic E-state index is -0.251. The fourth-order valence-electron chi connectivity index (χ4n) is 3.95. The van der Waals surface area contributed by atoms with Gasteiger partial charge in [-0.2, -0.15) is 5.10 Å². The molecule has 0 amide bonds. The minimum absolute atomic E-state index is 0.157. The average Bonchev–Trinajstić information content (AvgIpc) is 2.92. The molecule has 1 aromatic heterocycles. The van der Waals surface area contributed by atoms with Gasteiger partial charge in [0, 0.05) is 25.2 Å². The van der Waals surface area contributed by atoms with Gasteiger partial charge in [-0.15, -0.1) is 0 Å². The van der Waals surface area contributed by atoms with Crippen molar-refractivity contribution in [3.63, 3.8) is 0 Å². The van der Waals surface area contributed by atoms with Crippen LogP contribution >= 0.6 is 0 Å². The topological polar surface area (TPSA) is 44.1 Å². The summed E-state index contributed by atoms with van der Waals surface area (Å²) >= 11 is 0. The van der Waals surface area contributed by atoms with E-state index in [0.29, 0.717) is 17.9 Å². The van der Waals surface area contributed by atoms with E-state index in [-0.39, 0.29) is 11.9 Å². The molecule has 0 aliphatic heterocycles. The van der Waals surface area contributed by atoms with Crippen molar-refractivity contribution in [1.82, 2.24) is 9.78 Å². The first-order valence-corrected chi connectivity index (χ1v) is 8.23. The maximum Gasteiger partial charge on any atom is 0.313 e. The maximum absolute atomic E-state index is 12.1. The number of rotatable bonds is 5. The van der Waals surface area contributed by atoms with E-state index >= 15 is 0 Å². The lowest BCUT2D eigenvalue weighted by atomic mass is 9.48. The SMILES string of the molecule is CC(C(=O)OCCC1=CC[C@H]2C[C@@H]1C2(C)C)c1cnn(C)c1. The average molecular weight is 302 g/mol. The smallest absolute Gasteiger partial charge is 0.313 e. The largest absolute Gasteiger partial charge is 0.465 e. The highest BCUT2D eigenvalue weighted by molar-refractivity contribution is 5.77. The molecule has 120 valence electrons. The summed E-state index contributed by atoms with van der Waals surface area (Å²) in [5.41, 5.74) is 2.85. The van der Waals surface area contributed by atoms with Crippen LogP contribution in [0.1, 0.15) is 51.5 Å². The van der Waals surface area contributed by atoms with Crippen LogP contribution in [0.2, 0.25) is 0 Å². The molecule has 4 rings (SSSR count). The molecule has 3 aliphatic carbocycles. The van der Waals surface area contributed by atoms with E-state index in [4.69, 9.17) is 4.74 Å². The van der Waals surface area contributed by atoms with Gasteiger partial charge in [-0.3, -0.25) is 9.48 Å². The number of hydrogen-bond donors (Lipinski definition) is 0. The number of fused-ring (bicyclic) bond motifs is 1. The minimum Gasteiger partial charge on any atom is -0.465 e. The molecule has 0 N–H and O–H groups in total. The van der Waals surface area contributed by atoms with Gasteiger partial charge in [0.25, 0.3) is 0 Å². The Balaban J connectivity index is 1.49. The van der Waals surface area contributed by atoms with Gasteiger partial charge in [0.2, 0.25) is 0 Å². The predicted octanol–water partition coefficient (Wildman–Crippen LogP) is 3.45. The molecule has 1 unspecified atom stereocenters. The summed E-state index contributed by atoms with van der Waals surface area (Å²) in [4.78, 5) is 12.1. The fourth-order valence-corrected chi connectivity index (χ4v) is 3.95. The molecule has 1 heterocycles. The Morgan fingerprint density at radius 2 is 2.32 bits per heavy atom. The number of ether oxygens (including phenoxy) is 1. The third-order valence-corrected chi connectivity index (χ3v) is 5.80. The number of esters is 1. The Kier molecular flexibility index (Phi) is 3.87. The Hall–Kier alpha value is -1.58. The van der Waals surface area contributed by atoms with Crippen molar-refractivity contribution in [2.45, 2.75) is 46.0 Å². The molecular weight excluding hydrogens is 276 g/mol. The molecule has 0 radical (unpaired) electrons. The second-order valence-corrected chi connectivity index (χ2v) is 7.41. The van der Waals surface area contributed by atoms with Crippen molar-refractivity contribution < 1.29 is 9.53 Å². The monoisotopic (exact) mass is 302 g/mol. The molecule has 0 spiro atoms. The molecule has 1 fully saturated rings. The number of carbonyl (C=O) groups excluding carboxylic acids is 1. The van der Waals surface area contributed by atoms with Gasteiger partial charge >= 0.3 is 5.97 Å². The van der Waals surface area contributed by atoms with Crippen molar-refractivity contribution in [2.24, 2.45) is 24.3 Å². The van der Waals surface area contributed by atoms with Gasteiger partial charge < -0.3 is 4.74 Å². The predicted molar refractivity (Wildman–Crippen MR) is 85.3 cm³/mol. The van der Waals surface area contributed by atoms with E-state index in [0.717, 1.165) is 17.9 Å². The summed E-state index contributed by atoms with van der Waals surface area (Å²) in [6.45, 7) is 7.11. The zero-order valence-corrected chi connectivity index (χ0v) is 14.0. The van der Waals surface area contributed by atoms with Crippen molar-refractivity contribution in [2.75, 3.05) is 6.61 Å². The van der Waals surface area contributed by atoms with Crippen molar-refractivity contribution in [1.29, 1.82) is 0 Å². The lowest BCUT2D eigenvalue weighted by Gasteiger charge is -2.56. The zero-order valence-electron chi connectivity index (χ0n) is 14.0. The molecule has 1 saturated carbocycles. The number of aromatic nitrogens is 2. The van der Waals surface area contributed by atoms with E-state index < -0.39 is 0 Å². The Labute approximate surface area is 132 Å². The summed E-state index contributed by atoms with van der Waals surface area (Å²) in [7, 11) is 1.85. The quantitative estimate of drug-likeness (QED) is 0.618. The first-order chi connectivity index (χ1) is 10.4. The van der Waals surface area contributed by atoms with Gasteiger partial charge in [-0.1, -0.05) is 25.5 Å². The number of nitrogens with zero attached hydrogens (tertiary/aromatic N) is 2. The van der Waals surface area contributed by atoms with Crippen LogP contribution in [-0.2, 0) is 16.6 Å². The van der Waals surface area contributed by atoms with Gasteiger partial charge in [0.15, 0.2) is 0 Å². The molecular formula is C18H26N2O2. The summed E-state index contributed by atoms with van der Waals surface area (Å²) in [6, 6.07) is 0. The molecule has 0 saturated heterocycles. The molecule has 1 aromatic rings. The van der Waals surface area contributed by atoms with Gasteiger partial charge in [0.1, 0.15) is 0 Å². The zero-order chi connectivity index (χ0) is 15.9. The highest BCUT2D eigenvalue weighted by Crippen LogP contribution is 2.59. The van der Waals surface area contributed by atoms with Crippen LogP contribution in [0.25, 0.3) is 0 Å². The molecule has 4 nitrogen and oxygen atoms in total. The molecule has 0 aromatic carbocycles. The molecule has 22 heavy (non-hydrogen) atoms. The Morgan fingerprint density at radius 3 is 2.91 bits per heavy atom. The van der Waals surface area contributed by atoms with Gasteiger partial charge in [0.05, 0.1) is 18.7 Å². The number of aryl methyl sites for hydroxylation is 1. The van der Waals surface area contributed by atoms with Crippen LogP contribution in [0.5, 0.6) is 0 Å². The Morgan fingerprint density at radius 1 is 1.55 bits per heavy atom. The lowest BCUT2D eigenvalue weighted by molar-refractivity contribution is -0.145. The fraction of sp³-hybridized carbons (Fsp3) is 0.667. The van der Waals surface area contributed by atoms with Crippen LogP contribution in [-0.4, -0.2) is 22.4 Å². The normalized spacial score (nSPS) is 26.8. The first-order valence-electron chi connectivity index (χ1n) is 8.23. The second-order valence-electron chi connectivity index (χ2n) is 7.41. The van der Waals surface area contributed by atoms with Crippen molar-refractivity contribution in [3.8, 4) is 0 Å². The number of carbonyl (C=O) groups is 1. The van der Waals surface area contributed by atoms with E-state index in [1.165, 1.54) is 18.4 Å². The van der Waals surface area contributed by atoms with Crippen molar-refractivity contribution >= 4 is 5.97 Å². The van der Waals surface area contributed by atoms with Crippen LogP contribution in [0.4, 0.5) is 0 Å². The summed E-state index contributed by atoms with van der Waals surface area (Å²) < 4.78 is 7.20. The van der Waals surface area contributed by atoms with Crippen LogP contribution in [0.15, 0.2) is 24.0 Å². The van der Waals surface area contributed by atoms with Crippen LogP contribution in [0, 0.1) is 17.3 Å². The molecule has 3 atom stereocenters. The Bertz CT molecular complexity index is 600. The van der Waals surface area contributed by atoms with E-state index in [1.807, 2.05) is 20.2 Å². The molecule has 4 heteroatoms. The van der Waals surface area contributed by atoms with E-state index in [2.05, 4.69) is 25.0 Å². The summed E-state index contributed by atoms with van der Waals surface area (Å²) in [6.07, 6.45) is 9.37. The summed E-state index contributed by atoms with van der Waals surface area (Å²) in [5.74, 6) is 1.14. The standard InChI is InChI=1S/C18H26N2O2/c1-12(14-10-19-20(4)11-14)17(21)22-8-7-13-5-6-15-9-16(13)18(15,2)3/h5,10-12,15-16H,6-9H2,1-4H3/t12?,15-,16-/m0/s1. The molecule has 3 aliphatic rings. The lowest BCUT2D eigenvalue weighted by Crippen LogP contribution is -2.48. The summed E-state index contributed by atoms with van der Waals surface area (Å²) in [5, 5.41) is 4.10.